The number of carbonyl (C=O) groups is 1. The summed E-state index contributed by atoms with van der Waals surface area (Å²) in [5.74, 6) is 0. The molecule has 0 saturated carbocycles. The topological polar surface area (TPSA) is 67.8 Å². The molecule has 0 spiro atoms. The third-order valence-corrected chi connectivity index (χ3v) is 0.619. The monoisotopic (exact) mass is 163 g/mol. The van der Waals surface area contributed by atoms with Gasteiger partial charge in [-0.2, -0.15) is 5.48 Å². The Bertz CT molecular complexity index is 129. The lowest BCUT2D eigenvalue weighted by Crippen LogP contribution is -2.32. The van der Waals surface area contributed by atoms with Crippen molar-refractivity contribution < 1.29 is 19.5 Å². The Morgan fingerprint density at radius 3 is 2.45 bits per heavy atom. The lowest BCUT2D eigenvalue weighted by Gasteiger charge is -2.18. The Morgan fingerprint density at radius 2 is 2.09 bits per heavy atom. The van der Waals surface area contributed by atoms with E-state index in [-0.39, 0.29) is 0 Å². The average Bonchev–Trinajstić information content (AvgIpc) is 1.79. The van der Waals surface area contributed by atoms with Gasteiger partial charge < -0.3 is 9.84 Å². The maximum atomic E-state index is 10.6. The number of hydrogen-bond donors (Lipinski definition) is 2. The van der Waals surface area contributed by atoms with Crippen LogP contribution in [0.2, 0.25) is 0 Å². The molecular formula is C6H13NO4. The number of nitrogens with one attached hydrogen (secondary N) is 1. The molecule has 0 aliphatic heterocycles. The van der Waals surface area contributed by atoms with Gasteiger partial charge in [0.1, 0.15) is 5.60 Å². The number of aliphatic hydroxyl groups is 1. The molecule has 0 saturated heterocycles. The predicted octanol–water partition coefficient (Wildman–Crippen LogP) is 0.392. The van der Waals surface area contributed by atoms with Crippen LogP contribution in [0.3, 0.4) is 0 Å². The fourth-order valence-electron chi connectivity index (χ4n) is 0.390. The minimum atomic E-state index is -0.716. The van der Waals surface area contributed by atoms with Crippen LogP contribution in [0.5, 0.6) is 0 Å². The van der Waals surface area contributed by atoms with Gasteiger partial charge >= 0.3 is 6.09 Å². The lowest BCUT2D eigenvalue weighted by molar-refractivity contribution is -0.0673. The zero-order valence-corrected chi connectivity index (χ0v) is 6.88. The quantitative estimate of drug-likeness (QED) is 0.456. The number of hydrogen-bond acceptors (Lipinski definition) is 4. The molecular weight excluding hydrogens is 150 g/mol. The second-order valence-electron chi connectivity index (χ2n) is 2.88. The zero-order valence-electron chi connectivity index (χ0n) is 6.88. The fourth-order valence-corrected chi connectivity index (χ4v) is 0.390. The van der Waals surface area contributed by atoms with E-state index in [9.17, 15) is 4.79 Å². The van der Waals surface area contributed by atoms with Crippen molar-refractivity contribution in [2.45, 2.75) is 26.4 Å². The molecule has 0 aromatic heterocycles. The summed E-state index contributed by atoms with van der Waals surface area (Å²) in [6, 6.07) is 0. The van der Waals surface area contributed by atoms with Crippen molar-refractivity contribution in [3.8, 4) is 0 Å². The molecule has 11 heavy (non-hydrogen) atoms. The Balaban J connectivity index is 3.53. The summed E-state index contributed by atoms with van der Waals surface area (Å²) in [7, 11) is 0. The van der Waals surface area contributed by atoms with Crippen molar-refractivity contribution >= 4 is 6.09 Å². The largest absolute Gasteiger partial charge is 0.442 e. The number of rotatable bonds is 2. The number of aliphatic hydroxyl groups excluding tert-OH is 1. The Hall–Kier alpha value is -0.810. The Labute approximate surface area is 65.3 Å². The third-order valence-electron chi connectivity index (χ3n) is 0.619. The van der Waals surface area contributed by atoms with E-state index in [0.29, 0.717) is 0 Å². The van der Waals surface area contributed by atoms with E-state index in [0.717, 1.165) is 0 Å². The summed E-state index contributed by atoms with van der Waals surface area (Å²) >= 11 is 0. The van der Waals surface area contributed by atoms with Gasteiger partial charge in [0.25, 0.3) is 0 Å². The first-order valence-corrected chi connectivity index (χ1v) is 3.17. The second kappa shape index (κ2) is 4.15. The van der Waals surface area contributed by atoms with Crippen LogP contribution in [-0.4, -0.2) is 23.6 Å². The highest BCUT2D eigenvalue weighted by atomic mass is 16.7. The standard InChI is InChI=1S/C6H13NO4/c1-6(2,3)11-5(9)7-10-4-8/h8H,4H2,1-3H3,(H,7,9). The van der Waals surface area contributed by atoms with Gasteiger partial charge in [0.2, 0.25) is 0 Å². The van der Waals surface area contributed by atoms with Crippen LogP contribution in [0.4, 0.5) is 4.79 Å². The molecule has 0 aromatic carbocycles. The lowest BCUT2D eigenvalue weighted by atomic mass is 10.2. The minimum absolute atomic E-state index is 0.553. The van der Waals surface area contributed by atoms with Crippen molar-refractivity contribution in [2.75, 3.05) is 6.79 Å². The van der Waals surface area contributed by atoms with Gasteiger partial charge in [-0.15, -0.1) is 0 Å². The van der Waals surface area contributed by atoms with E-state index in [1.165, 1.54) is 0 Å². The van der Waals surface area contributed by atoms with E-state index in [4.69, 9.17) is 9.84 Å². The highest BCUT2D eigenvalue weighted by Gasteiger charge is 2.15. The zero-order chi connectivity index (χ0) is 8.91. The molecule has 0 aliphatic carbocycles. The van der Waals surface area contributed by atoms with Gasteiger partial charge in [-0.05, 0) is 20.8 Å². The van der Waals surface area contributed by atoms with Gasteiger partial charge in [0, 0.05) is 0 Å². The number of amides is 1. The van der Waals surface area contributed by atoms with Gasteiger partial charge in [-0.25, -0.2) is 9.63 Å². The summed E-state index contributed by atoms with van der Waals surface area (Å²) < 4.78 is 4.75. The first-order valence-electron chi connectivity index (χ1n) is 3.17. The van der Waals surface area contributed by atoms with Gasteiger partial charge in [-0.3, -0.25) is 0 Å². The molecule has 0 bridgehead atoms. The summed E-state index contributed by atoms with van der Waals surface area (Å²) in [4.78, 5) is 14.8. The molecule has 0 rings (SSSR count). The second-order valence-corrected chi connectivity index (χ2v) is 2.88. The number of carbonyl (C=O) groups excluding carboxylic acids is 1. The van der Waals surface area contributed by atoms with E-state index >= 15 is 0 Å². The van der Waals surface area contributed by atoms with Crippen LogP contribution in [0, 0.1) is 0 Å². The SMILES string of the molecule is CC(C)(C)OC(=O)NOCO. The van der Waals surface area contributed by atoms with Crippen LogP contribution in [-0.2, 0) is 9.57 Å². The molecule has 0 aromatic rings. The predicted molar refractivity (Wildman–Crippen MR) is 37.5 cm³/mol. The van der Waals surface area contributed by atoms with Crippen molar-refractivity contribution in [3.05, 3.63) is 0 Å². The van der Waals surface area contributed by atoms with Crippen molar-refractivity contribution in [3.63, 3.8) is 0 Å². The summed E-state index contributed by atoms with van der Waals surface area (Å²) in [5.41, 5.74) is 1.33. The van der Waals surface area contributed by atoms with E-state index < -0.39 is 18.5 Å². The molecule has 0 atom stereocenters. The summed E-state index contributed by atoms with van der Waals surface area (Å²) in [5, 5.41) is 8.12. The molecule has 0 aliphatic rings. The van der Waals surface area contributed by atoms with Gasteiger partial charge in [0.15, 0.2) is 6.79 Å². The van der Waals surface area contributed by atoms with E-state index in [1.54, 1.807) is 20.8 Å². The Kier molecular flexibility index (Phi) is 3.84. The van der Waals surface area contributed by atoms with Crippen LogP contribution in [0.15, 0.2) is 0 Å². The molecule has 66 valence electrons. The molecule has 5 nitrogen and oxygen atoms in total. The Morgan fingerprint density at radius 1 is 1.55 bits per heavy atom. The number of hydroxylamine groups is 1. The number of ether oxygens (including phenoxy) is 1. The maximum absolute atomic E-state index is 10.6. The normalized spacial score (nSPS) is 10.9. The van der Waals surface area contributed by atoms with Crippen molar-refractivity contribution in [1.29, 1.82) is 0 Å². The first kappa shape index (κ1) is 10.2. The first-order chi connectivity index (χ1) is 4.95. The third kappa shape index (κ3) is 7.08. The van der Waals surface area contributed by atoms with Crippen molar-refractivity contribution in [1.82, 2.24) is 5.48 Å². The molecule has 0 heterocycles. The van der Waals surface area contributed by atoms with Crippen LogP contribution in [0.1, 0.15) is 20.8 Å². The van der Waals surface area contributed by atoms with Crippen LogP contribution in [0.25, 0.3) is 0 Å². The maximum Gasteiger partial charge on any atom is 0.431 e. The molecule has 1 amide bonds. The average molecular weight is 163 g/mol. The summed E-state index contributed by atoms with van der Waals surface area (Å²) in [6.45, 7) is 4.61. The smallest absolute Gasteiger partial charge is 0.431 e. The highest BCUT2D eigenvalue weighted by Crippen LogP contribution is 2.05. The van der Waals surface area contributed by atoms with Gasteiger partial charge in [0.05, 0.1) is 0 Å². The van der Waals surface area contributed by atoms with Crippen LogP contribution < -0.4 is 5.48 Å². The van der Waals surface area contributed by atoms with Crippen LogP contribution >= 0.6 is 0 Å². The highest BCUT2D eigenvalue weighted by molar-refractivity contribution is 5.66. The summed E-state index contributed by atoms with van der Waals surface area (Å²) in [6.07, 6.45) is -0.716. The van der Waals surface area contributed by atoms with Gasteiger partial charge in [-0.1, -0.05) is 0 Å². The molecule has 0 radical (unpaired) electrons. The fraction of sp³-hybridized carbons (Fsp3) is 0.833. The van der Waals surface area contributed by atoms with Crippen molar-refractivity contribution in [2.24, 2.45) is 0 Å². The molecule has 0 unspecified atom stereocenters. The van der Waals surface area contributed by atoms with E-state index in [1.807, 2.05) is 5.48 Å². The van der Waals surface area contributed by atoms with E-state index in [2.05, 4.69) is 4.84 Å². The molecule has 0 fully saturated rings. The minimum Gasteiger partial charge on any atom is -0.442 e. The molecule has 5 heteroatoms. The molecule has 2 N–H and O–H groups in total.